The van der Waals surface area contributed by atoms with Crippen LogP contribution in [-0.4, -0.2) is 20.3 Å². The first kappa shape index (κ1) is 13.5. The first-order valence-electron chi connectivity index (χ1n) is 4.95. The molecular weight excluding hydrogens is 192 g/mol. The fraction of sp³-hybridized carbons (Fsp3) is 0.636. The summed E-state index contributed by atoms with van der Waals surface area (Å²) in [6.45, 7) is 3.28. The van der Waals surface area contributed by atoms with E-state index in [1.807, 2.05) is 0 Å². The summed E-state index contributed by atoms with van der Waals surface area (Å²) in [6, 6.07) is 3.59. The number of methoxy groups -OCH3 is 1. The van der Waals surface area contributed by atoms with Crippen LogP contribution in [0.25, 0.3) is 0 Å². The Labute approximate surface area is 90.7 Å². The summed E-state index contributed by atoms with van der Waals surface area (Å²) in [6.07, 6.45) is 2.58. The predicted molar refractivity (Wildman–Crippen MR) is 55.6 cm³/mol. The van der Waals surface area contributed by atoms with Gasteiger partial charge in [-0.2, -0.15) is 10.5 Å². The molecule has 0 aromatic heterocycles. The molecule has 0 atom stereocenters. The summed E-state index contributed by atoms with van der Waals surface area (Å²) in [5, 5.41) is 17.2. The van der Waals surface area contributed by atoms with E-state index in [1.54, 1.807) is 12.1 Å². The van der Waals surface area contributed by atoms with Gasteiger partial charge in [0, 0.05) is 13.0 Å². The summed E-state index contributed by atoms with van der Waals surface area (Å²) in [5.41, 5.74) is 0.0246. The molecule has 82 valence electrons. The molecule has 0 radical (unpaired) electrons. The number of hydrogen-bond donors (Lipinski definition) is 0. The number of nitrogens with zero attached hydrogens (tertiary/aromatic N) is 2. The summed E-state index contributed by atoms with van der Waals surface area (Å²) >= 11 is 0. The zero-order valence-electron chi connectivity index (χ0n) is 9.25. The van der Waals surface area contributed by atoms with E-state index in [4.69, 9.17) is 20.0 Å². The van der Waals surface area contributed by atoms with E-state index >= 15 is 0 Å². The molecule has 0 N–H and O–H groups in total. The van der Waals surface area contributed by atoms with Gasteiger partial charge in [-0.3, -0.25) is 0 Å². The van der Waals surface area contributed by atoms with E-state index < -0.39 is 0 Å². The average Bonchev–Trinajstić information content (AvgIpc) is 2.27. The van der Waals surface area contributed by atoms with Crippen molar-refractivity contribution in [2.75, 3.05) is 20.3 Å². The van der Waals surface area contributed by atoms with Crippen molar-refractivity contribution in [3.05, 3.63) is 11.3 Å². The van der Waals surface area contributed by atoms with Crippen molar-refractivity contribution in [2.45, 2.75) is 26.2 Å². The Balaban J connectivity index is 3.98. The minimum Gasteiger partial charge on any atom is -0.499 e. The number of unbranched alkanes of at least 4 members (excludes halogenated alkanes) is 1. The van der Waals surface area contributed by atoms with Gasteiger partial charge in [0.25, 0.3) is 0 Å². The van der Waals surface area contributed by atoms with Crippen LogP contribution in [0.15, 0.2) is 11.3 Å². The minimum atomic E-state index is 0.0246. The lowest BCUT2D eigenvalue weighted by Gasteiger charge is -2.06. The normalized spacial score (nSPS) is 8.80. The molecule has 0 aliphatic rings. The van der Waals surface area contributed by atoms with Crippen LogP contribution in [0.4, 0.5) is 0 Å². The lowest BCUT2D eigenvalue weighted by atomic mass is 10.2. The SMILES string of the molecule is CCCCOCCC(OC)=C(C#N)C#N. The van der Waals surface area contributed by atoms with Crippen LogP contribution < -0.4 is 0 Å². The smallest absolute Gasteiger partial charge is 0.167 e. The molecule has 0 amide bonds. The third-order valence-electron chi connectivity index (χ3n) is 1.86. The Morgan fingerprint density at radius 3 is 2.33 bits per heavy atom. The van der Waals surface area contributed by atoms with Crippen LogP contribution in [-0.2, 0) is 9.47 Å². The second kappa shape index (κ2) is 9.05. The van der Waals surface area contributed by atoms with Crippen LogP contribution >= 0.6 is 0 Å². The third-order valence-corrected chi connectivity index (χ3v) is 1.86. The zero-order valence-corrected chi connectivity index (χ0v) is 9.25. The maximum Gasteiger partial charge on any atom is 0.167 e. The summed E-state index contributed by atoms with van der Waals surface area (Å²) in [5.74, 6) is 0.400. The first-order valence-corrected chi connectivity index (χ1v) is 4.95. The molecule has 4 heteroatoms. The Morgan fingerprint density at radius 1 is 1.20 bits per heavy atom. The summed E-state index contributed by atoms with van der Waals surface area (Å²) in [4.78, 5) is 0. The van der Waals surface area contributed by atoms with Gasteiger partial charge < -0.3 is 9.47 Å². The Hall–Kier alpha value is -1.52. The first-order chi connectivity index (χ1) is 7.29. The monoisotopic (exact) mass is 208 g/mol. The van der Waals surface area contributed by atoms with Crippen molar-refractivity contribution < 1.29 is 9.47 Å². The van der Waals surface area contributed by atoms with E-state index in [-0.39, 0.29) is 5.57 Å². The predicted octanol–water partition coefficient (Wildman–Crippen LogP) is 2.14. The van der Waals surface area contributed by atoms with Crippen LogP contribution in [0.5, 0.6) is 0 Å². The minimum absolute atomic E-state index is 0.0246. The summed E-state index contributed by atoms with van der Waals surface area (Å²) in [7, 11) is 1.45. The van der Waals surface area contributed by atoms with Crippen LogP contribution in [0, 0.1) is 22.7 Å². The largest absolute Gasteiger partial charge is 0.499 e. The van der Waals surface area contributed by atoms with Crippen molar-refractivity contribution in [1.29, 1.82) is 10.5 Å². The number of ether oxygens (including phenoxy) is 2. The van der Waals surface area contributed by atoms with Gasteiger partial charge in [0.1, 0.15) is 17.9 Å². The van der Waals surface area contributed by atoms with Crippen LogP contribution in [0.1, 0.15) is 26.2 Å². The average molecular weight is 208 g/mol. The van der Waals surface area contributed by atoms with Gasteiger partial charge in [0.05, 0.1) is 13.7 Å². The fourth-order valence-corrected chi connectivity index (χ4v) is 0.992. The fourth-order valence-electron chi connectivity index (χ4n) is 0.992. The second-order valence-electron chi connectivity index (χ2n) is 2.94. The van der Waals surface area contributed by atoms with Crippen molar-refractivity contribution in [2.24, 2.45) is 0 Å². The molecule has 0 heterocycles. The Kier molecular flexibility index (Phi) is 8.13. The molecule has 15 heavy (non-hydrogen) atoms. The van der Waals surface area contributed by atoms with Crippen LogP contribution in [0.2, 0.25) is 0 Å². The molecule has 0 rings (SSSR count). The van der Waals surface area contributed by atoms with Gasteiger partial charge >= 0.3 is 0 Å². The molecule has 0 saturated carbocycles. The molecular formula is C11H16N2O2. The summed E-state index contributed by atoms with van der Waals surface area (Å²) < 4.78 is 10.3. The van der Waals surface area contributed by atoms with Crippen LogP contribution in [0.3, 0.4) is 0 Å². The van der Waals surface area contributed by atoms with E-state index in [0.29, 0.717) is 25.4 Å². The van der Waals surface area contributed by atoms with Gasteiger partial charge in [-0.05, 0) is 6.42 Å². The highest BCUT2D eigenvalue weighted by Gasteiger charge is 2.05. The highest BCUT2D eigenvalue weighted by molar-refractivity contribution is 5.37. The molecule has 0 spiro atoms. The number of allylic oxidation sites excluding steroid dienone is 1. The quantitative estimate of drug-likeness (QED) is 0.365. The number of rotatable bonds is 7. The van der Waals surface area contributed by atoms with Crippen molar-refractivity contribution in [3.63, 3.8) is 0 Å². The molecule has 0 unspecified atom stereocenters. The van der Waals surface area contributed by atoms with E-state index in [1.165, 1.54) is 7.11 Å². The molecule has 0 fully saturated rings. The Morgan fingerprint density at radius 2 is 1.87 bits per heavy atom. The third kappa shape index (κ3) is 5.72. The van der Waals surface area contributed by atoms with Gasteiger partial charge in [0.2, 0.25) is 0 Å². The maximum atomic E-state index is 8.62. The number of nitriles is 2. The topological polar surface area (TPSA) is 66.0 Å². The van der Waals surface area contributed by atoms with E-state index in [9.17, 15) is 0 Å². The van der Waals surface area contributed by atoms with Crippen molar-refractivity contribution in [1.82, 2.24) is 0 Å². The molecule has 4 nitrogen and oxygen atoms in total. The molecule has 0 bridgehead atoms. The molecule has 0 aromatic rings. The van der Waals surface area contributed by atoms with Gasteiger partial charge in [0.15, 0.2) is 5.57 Å². The van der Waals surface area contributed by atoms with E-state index in [0.717, 1.165) is 12.8 Å². The standard InChI is InChI=1S/C11H16N2O2/c1-3-4-6-15-7-5-11(14-2)10(8-12)9-13/h3-7H2,1-2H3. The van der Waals surface area contributed by atoms with Gasteiger partial charge in [-0.15, -0.1) is 0 Å². The zero-order chi connectivity index (χ0) is 11.5. The van der Waals surface area contributed by atoms with Crippen molar-refractivity contribution in [3.8, 4) is 12.1 Å². The maximum absolute atomic E-state index is 8.62. The molecule has 0 saturated heterocycles. The van der Waals surface area contributed by atoms with Gasteiger partial charge in [-0.1, -0.05) is 13.3 Å². The molecule has 0 aliphatic carbocycles. The second-order valence-corrected chi connectivity index (χ2v) is 2.94. The van der Waals surface area contributed by atoms with Crippen molar-refractivity contribution >= 4 is 0 Å². The lowest BCUT2D eigenvalue weighted by molar-refractivity contribution is 0.121. The Bertz CT molecular complexity index is 268. The molecule has 0 aliphatic heterocycles. The lowest BCUT2D eigenvalue weighted by Crippen LogP contribution is -2.01. The van der Waals surface area contributed by atoms with Gasteiger partial charge in [-0.25, -0.2) is 0 Å². The highest BCUT2D eigenvalue weighted by Crippen LogP contribution is 2.08. The van der Waals surface area contributed by atoms with E-state index in [2.05, 4.69) is 6.92 Å². The highest BCUT2D eigenvalue weighted by atomic mass is 16.5. The number of hydrogen-bond acceptors (Lipinski definition) is 4. The molecule has 0 aromatic carbocycles.